The maximum Gasteiger partial charge on any atom is 0.459 e. The van der Waals surface area contributed by atoms with Crippen molar-refractivity contribution in [2.75, 3.05) is 27.4 Å². The number of para-hydroxylation sites is 1. The highest BCUT2D eigenvalue weighted by Gasteiger charge is 2.52. The highest BCUT2D eigenvalue weighted by Crippen LogP contribution is 2.46. The molecule has 0 amide bonds. The standard InChI is InChI=1S/C21H25N4O11P/c1-32-17(26)8-14(20(29)33-2)24-37(31,36-13-6-4-3-5-7-13)35-10-16-18(27)21(30,11-34-16)25-12-23-15(9-22)19(25)28/h3-7,12,14,16,18,27-28,30H,8,10-11H2,1-2H3,(H,24,31)/t14-,16+,18+,21+,37?/m0/s1. The topological polar surface area (TPSA) is 212 Å². The number of ether oxygens (including phenoxy) is 3. The number of esters is 2. The van der Waals surface area contributed by atoms with E-state index in [2.05, 4.69) is 19.5 Å². The van der Waals surface area contributed by atoms with Gasteiger partial charge in [-0.15, -0.1) is 0 Å². The second-order valence-electron chi connectivity index (χ2n) is 7.75. The number of hydrogen-bond acceptors (Lipinski definition) is 13. The lowest BCUT2D eigenvalue weighted by atomic mass is 10.1. The molecule has 1 aliphatic heterocycles. The largest absolute Gasteiger partial charge is 0.492 e. The van der Waals surface area contributed by atoms with Crippen LogP contribution in [0.1, 0.15) is 12.1 Å². The first-order valence-corrected chi connectivity index (χ1v) is 12.2. The Bertz CT molecular complexity index is 1200. The molecule has 1 aliphatic rings. The molecule has 0 aliphatic carbocycles. The zero-order valence-corrected chi connectivity index (χ0v) is 20.6. The van der Waals surface area contributed by atoms with Gasteiger partial charge in [0.15, 0.2) is 5.72 Å². The van der Waals surface area contributed by atoms with Crippen LogP contribution in [0.5, 0.6) is 11.6 Å². The van der Waals surface area contributed by atoms with Gasteiger partial charge in [-0.25, -0.2) is 9.55 Å². The average molecular weight is 540 g/mol. The number of aromatic nitrogens is 2. The lowest BCUT2D eigenvalue weighted by Gasteiger charge is -2.28. The van der Waals surface area contributed by atoms with E-state index in [0.29, 0.717) is 0 Å². The molecule has 15 nitrogen and oxygen atoms in total. The van der Waals surface area contributed by atoms with Gasteiger partial charge < -0.3 is 34.1 Å². The minimum absolute atomic E-state index is 0.0804. The molecule has 4 N–H and O–H groups in total. The molecule has 16 heteroatoms. The number of aromatic hydroxyl groups is 1. The van der Waals surface area contributed by atoms with E-state index >= 15 is 0 Å². The Hall–Kier alpha value is -3.51. The van der Waals surface area contributed by atoms with E-state index in [1.54, 1.807) is 24.3 Å². The van der Waals surface area contributed by atoms with Crippen molar-refractivity contribution in [2.24, 2.45) is 0 Å². The van der Waals surface area contributed by atoms with Gasteiger partial charge in [0.25, 0.3) is 0 Å². The lowest BCUT2D eigenvalue weighted by Crippen LogP contribution is -2.47. The van der Waals surface area contributed by atoms with E-state index in [4.69, 9.17) is 19.0 Å². The molecule has 1 saturated heterocycles. The molecule has 2 heterocycles. The summed E-state index contributed by atoms with van der Waals surface area (Å²) >= 11 is 0. The summed E-state index contributed by atoms with van der Waals surface area (Å²) in [6.07, 6.45) is -2.69. The Labute approximate surface area is 210 Å². The van der Waals surface area contributed by atoms with Crippen LogP contribution in [0.25, 0.3) is 0 Å². The molecule has 3 rings (SSSR count). The zero-order chi connectivity index (χ0) is 27.2. The molecule has 1 fully saturated rings. The first-order valence-electron chi connectivity index (χ1n) is 10.7. The van der Waals surface area contributed by atoms with Crippen LogP contribution in [-0.2, 0) is 38.6 Å². The Kier molecular flexibility index (Phi) is 8.87. The molecule has 1 aromatic carbocycles. The third-order valence-corrected chi connectivity index (χ3v) is 6.94. The van der Waals surface area contributed by atoms with Gasteiger partial charge in [0.2, 0.25) is 11.6 Å². The number of nitrogens with one attached hydrogen (secondary N) is 1. The van der Waals surface area contributed by atoms with Crippen molar-refractivity contribution in [1.82, 2.24) is 14.6 Å². The summed E-state index contributed by atoms with van der Waals surface area (Å²) in [7, 11) is -2.31. The van der Waals surface area contributed by atoms with Crippen molar-refractivity contribution < 1.29 is 52.7 Å². The van der Waals surface area contributed by atoms with Gasteiger partial charge in [0, 0.05) is 0 Å². The van der Waals surface area contributed by atoms with Crippen molar-refractivity contribution in [3.8, 4) is 17.7 Å². The number of nitrogens with zero attached hydrogens (tertiary/aromatic N) is 3. The number of nitriles is 1. The quantitative estimate of drug-likeness (QED) is 0.214. The molecule has 1 aromatic heterocycles. The number of rotatable bonds is 11. The third kappa shape index (κ3) is 6.25. The van der Waals surface area contributed by atoms with Gasteiger partial charge in [-0.3, -0.25) is 18.7 Å². The van der Waals surface area contributed by atoms with Gasteiger partial charge in [0.05, 0.1) is 33.9 Å². The fraction of sp³-hybridized carbons (Fsp3) is 0.429. The smallest absolute Gasteiger partial charge is 0.459 e. The Morgan fingerprint density at radius 2 is 2.05 bits per heavy atom. The number of carbonyl (C=O) groups excluding carboxylic acids is 2. The summed E-state index contributed by atoms with van der Waals surface area (Å²) in [5.41, 5.74) is -2.62. The molecule has 0 bridgehead atoms. The maximum absolute atomic E-state index is 13.7. The van der Waals surface area contributed by atoms with Gasteiger partial charge in [-0.2, -0.15) is 10.3 Å². The van der Waals surface area contributed by atoms with Gasteiger partial charge in [0.1, 0.15) is 36.4 Å². The normalized spacial score (nSPS) is 23.4. The zero-order valence-electron chi connectivity index (χ0n) is 19.7. The van der Waals surface area contributed by atoms with Gasteiger partial charge in [-0.05, 0) is 12.1 Å². The van der Waals surface area contributed by atoms with E-state index in [0.717, 1.165) is 25.1 Å². The monoisotopic (exact) mass is 540 g/mol. The van der Waals surface area contributed by atoms with Crippen LogP contribution in [0.4, 0.5) is 0 Å². The van der Waals surface area contributed by atoms with Gasteiger partial charge >= 0.3 is 19.7 Å². The SMILES string of the molecule is COC(=O)C[C@H](NP(=O)(OC[C@H]1OC[C@](O)(n2cnc(C#N)c2O)[C@@H]1O)Oc1ccccc1)C(=O)OC. The summed E-state index contributed by atoms with van der Waals surface area (Å²) in [5.74, 6) is -2.39. The highest BCUT2D eigenvalue weighted by atomic mass is 31.2. The predicted molar refractivity (Wildman–Crippen MR) is 121 cm³/mol. The van der Waals surface area contributed by atoms with Crippen LogP contribution >= 0.6 is 7.75 Å². The number of imidazole rings is 1. The van der Waals surface area contributed by atoms with Crippen molar-refractivity contribution >= 4 is 19.7 Å². The van der Waals surface area contributed by atoms with Crippen molar-refractivity contribution in [3.05, 3.63) is 42.4 Å². The van der Waals surface area contributed by atoms with E-state index < -0.39 is 69.2 Å². The molecular weight excluding hydrogens is 515 g/mol. The Morgan fingerprint density at radius 3 is 2.65 bits per heavy atom. The summed E-state index contributed by atoms with van der Waals surface area (Å²) in [6, 6.07) is 7.89. The molecule has 1 unspecified atom stereocenters. The van der Waals surface area contributed by atoms with E-state index in [-0.39, 0.29) is 11.4 Å². The number of carbonyl (C=O) groups is 2. The van der Waals surface area contributed by atoms with Gasteiger partial charge in [-0.1, -0.05) is 18.2 Å². The fourth-order valence-electron chi connectivity index (χ4n) is 3.41. The molecule has 0 spiro atoms. The first kappa shape index (κ1) is 28.1. The van der Waals surface area contributed by atoms with Crippen LogP contribution in [0.3, 0.4) is 0 Å². The van der Waals surface area contributed by atoms with Crippen LogP contribution in [-0.4, -0.2) is 82.5 Å². The van der Waals surface area contributed by atoms with Crippen LogP contribution in [0.2, 0.25) is 0 Å². The van der Waals surface area contributed by atoms with E-state index in [9.17, 15) is 29.5 Å². The third-order valence-electron chi connectivity index (χ3n) is 5.38. The minimum atomic E-state index is -4.48. The Morgan fingerprint density at radius 1 is 1.35 bits per heavy atom. The molecule has 0 radical (unpaired) electrons. The number of aliphatic hydroxyl groups is 2. The number of methoxy groups -OCH3 is 2. The summed E-state index contributed by atoms with van der Waals surface area (Å²) in [5, 5.41) is 43.1. The van der Waals surface area contributed by atoms with Crippen molar-refractivity contribution in [1.29, 1.82) is 5.26 Å². The number of benzene rings is 1. The predicted octanol–water partition coefficient (Wildman–Crippen LogP) is -0.237. The molecular formula is C21H25N4O11P. The molecule has 2 aromatic rings. The van der Waals surface area contributed by atoms with E-state index in [1.807, 2.05) is 0 Å². The average Bonchev–Trinajstić information content (AvgIpc) is 3.41. The van der Waals surface area contributed by atoms with Crippen molar-refractivity contribution in [3.63, 3.8) is 0 Å². The maximum atomic E-state index is 13.7. The fourth-order valence-corrected chi connectivity index (χ4v) is 4.91. The minimum Gasteiger partial charge on any atom is -0.492 e. The number of hydrogen-bond donors (Lipinski definition) is 4. The molecule has 0 saturated carbocycles. The number of aliphatic hydroxyl groups excluding tert-OH is 1. The van der Waals surface area contributed by atoms with E-state index in [1.165, 1.54) is 12.1 Å². The van der Waals surface area contributed by atoms with Crippen LogP contribution < -0.4 is 9.61 Å². The van der Waals surface area contributed by atoms with Crippen molar-refractivity contribution in [2.45, 2.75) is 30.4 Å². The summed E-state index contributed by atoms with van der Waals surface area (Å²) < 4.78 is 40.0. The van der Waals surface area contributed by atoms with Crippen LogP contribution in [0.15, 0.2) is 36.7 Å². The molecule has 37 heavy (non-hydrogen) atoms. The second kappa shape index (κ2) is 11.7. The first-order chi connectivity index (χ1) is 17.6. The molecule has 5 atom stereocenters. The lowest BCUT2D eigenvalue weighted by molar-refractivity contribution is -0.149. The summed E-state index contributed by atoms with van der Waals surface area (Å²) in [4.78, 5) is 27.7. The summed E-state index contributed by atoms with van der Waals surface area (Å²) in [6.45, 7) is -1.20. The van der Waals surface area contributed by atoms with Crippen LogP contribution in [0, 0.1) is 11.3 Å². The Balaban J connectivity index is 1.81. The molecule has 200 valence electrons. The highest BCUT2D eigenvalue weighted by molar-refractivity contribution is 7.52. The second-order valence-corrected chi connectivity index (χ2v) is 9.45.